The number of H-pyrrole nitrogens is 1. The minimum atomic E-state index is -0.630. The second-order valence-electron chi connectivity index (χ2n) is 12.9. The summed E-state index contributed by atoms with van der Waals surface area (Å²) in [5.41, 5.74) is 2.38. The molecule has 0 unspecified atom stereocenters. The molecule has 2 fully saturated rings. The molecule has 9 heteroatoms. The Bertz CT molecular complexity index is 1570. The summed E-state index contributed by atoms with van der Waals surface area (Å²) in [4.78, 5) is 19.0. The van der Waals surface area contributed by atoms with Gasteiger partial charge in [0, 0.05) is 53.7 Å². The van der Waals surface area contributed by atoms with Crippen LogP contribution in [0.5, 0.6) is 11.5 Å². The lowest BCUT2D eigenvalue weighted by Gasteiger charge is -2.39. The van der Waals surface area contributed by atoms with Crippen LogP contribution in [0.3, 0.4) is 0 Å². The fraction of sp³-hybridized carbons (Fsp3) is 0.528. The van der Waals surface area contributed by atoms with Crippen molar-refractivity contribution in [2.45, 2.75) is 77.0 Å². The van der Waals surface area contributed by atoms with E-state index in [2.05, 4.69) is 22.1 Å². The summed E-state index contributed by atoms with van der Waals surface area (Å²) in [6, 6.07) is 13.5. The molecule has 6 rings (SSSR count). The largest absolute Gasteiger partial charge is 0.491 e. The molecular formula is C36H47N3O6. The van der Waals surface area contributed by atoms with Crippen LogP contribution in [-0.4, -0.2) is 72.0 Å². The Morgan fingerprint density at radius 2 is 1.98 bits per heavy atom. The summed E-state index contributed by atoms with van der Waals surface area (Å²) in [5.74, 6) is 2.04. The second-order valence-corrected chi connectivity index (χ2v) is 12.9. The number of amides is 1. The van der Waals surface area contributed by atoms with Gasteiger partial charge in [0.15, 0.2) is 0 Å². The normalized spacial score (nSPS) is 22.6. The van der Waals surface area contributed by atoms with Crippen LogP contribution in [0.4, 0.5) is 0 Å². The van der Waals surface area contributed by atoms with Gasteiger partial charge in [0.25, 0.3) is 5.91 Å². The fourth-order valence-electron chi connectivity index (χ4n) is 6.83. The first-order valence-corrected chi connectivity index (χ1v) is 16.6. The quantitative estimate of drug-likeness (QED) is 0.148. The Hall–Kier alpha value is -3.53. The van der Waals surface area contributed by atoms with Gasteiger partial charge in [-0.1, -0.05) is 13.0 Å². The van der Waals surface area contributed by atoms with Gasteiger partial charge in [-0.15, -0.1) is 0 Å². The van der Waals surface area contributed by atoms with Crippen molar-refractivity contribution in [2.75, 3.05) is 39.5 Å². The molecule has 4 aromatic rings. The SMILES string of the molecule is CCOCCOc1ccc2c(COc3cccc4[nH]c(C(=O)NC5CCC(O)(CCN6CCC[C@@H](C)C6)CC5)cc34)coc2c1. The van der Waals surface area contributed by atoms with Crippen molar-refractivity contribution in [1.82, 2.24) is 15.2 Å². The van der Waals surface area contributed by atoms with E-state index in [1.54, 1.807) is 6.26 Å². The van der Waals surface area contributed by atoms with Crippen molar-refractivity contribution in [1.29, 1.82) is 0 Å². The second kappa shape index (κ2) is 14.3. The van der Waals surface area contributed by atoms with E-state index >= 15 is 0 Å². The highest BCUT2D eigenvalue weighted by Crippen LogP contribution is 2.33. The molecule has 0 bridgehead atoms. The highest BCUT2D eigenvalue weighted by atomic mass is 16.5. The lowest BCUT2D eigenvalue weighted by molar-refractivity contribution is -0.0201. The molecule has 2 aromatic carbocycles. The van der Waals surface area contributed by atoms with Crippen LogP contribution in [-0.2, 0) is 11.3 Å². The molecule has 0 spiro atoms. The fourth-order valence-corrected chi connectivity index (χ4v) is 6.83. The number of fused-ring (bicyclic) bond motifs is 2. The first kappa shape index (κ1) is 31.5. The number of furan rings is 1. The first-order valence-electron chi connectivity index (χ1n) is 16.6. The number of nitrogens with zero attached hydrogens (tertiary/aromatic N) is 1. The molecular weight excluding hydrogens is 570 g/mol. The smallest absolute Gasteiger partial charge is 0.267 e. The third kappa shape index (κ3) is 7.83. The molecule has 3 heterocycles. The number of carbonyl (C=O) groups is 1. The van der Waals surface area contributed by atoms with Crippen LogP contribution in [0.15, 0.2) is 53.1 Å². The molecule has 1 aliphatic heterocycles. The van der Waals surface area contributed by atoms with Crippen molar-refractivity contribution in [3.63, 3.8) is 0 Å². The Labute approximate surface area is 265 Å². The molecule has 9 nitrogen and oxygen atoms in total. The number of nitrogens with one attached hydrogen (secondary N) is 2. The highest BCUT2D eigenvalue weighted by molar-refractivity contribution is 5.99. The number of hydrogen-bond acceptors (Lipinski definition) is 7. The van der Waals surface area contributed by atoms with E-state index in [0.29, 0.717) is 37.9 Å². The highest BCUT2D eigenvalue weighted by Gasteiger charge is 2.34. The third-order valence-corrected chi connectivity index (χ3v) is 9.47. The molecule has 3 N–H and O–H groups in total. The molecule has 0 radical (unpaired) electrons. The van der Waals surface area contributed by atoms with E-state index in [4.69, 9.17) is 18.6 Å². The Morgan fingerprint density at radius 1 is 1.11 bits per heavy atom. The molecule has 1 aliphatic carbocycles. The van der Waals surface area contributed by atoms with Crippen molar-refractivity contribution in [3.8, 4) is 11.5 Å². The molecule has 1 atom stereocenters. The summed E-state index contributed by atoms with van der Waals surface area (Å²) >= 11 is 0. The van der Waals surface area contributed by atoms with Crippen LogP contribution in [0.1, 0.15) is 74.8 Å². The Morgan fingerprint density at radius 3 is 2.80 bits per heavy atom. The van der Waals surface area contributed by atoms with Gasteiger partial charge in [-0.3, -0.25) is 4.79 Å². The minimum absolute atomic E-state index is 0.0554. The van der Waals surface area contributed by atoms with Crippen LogP contribution < -0.4 is 14.8 Å². The Kier molecular flexibility index (Phi) is 9.97. The van der Waals surface area contributed by atoms with Gasteiger partial charge < -0.3 is 38.9 Å². The minimum Gasteiger partial charge on any atom is -0.491 e. The van der Waals surface area contributed by atoms with Crippen molar-refractivity contribution >= 4 is 27.8 Å². The van der Waals surface area contributed by atoms with E-state index in [9.17, 15) is 9.90 Å². The number of aromatic amines is 1. The van der Waals surface area contributed by atoms with E-state index in [1.165, 1.54) is 12.8 Å². The maximum absolute atomic E-state index is 13.3. The van der Waals surface area contributed by atoms with Gasteiger partial charge in [0.05, 0.1) is 18.5 Å². The molecule has 242 valence electrons. The number of aromatic nitrogens is 1. The number of carbonyl (C=O) groups excluding carboxylic acids is 1. The topological polar surface area (TPSA) is 109 Å². The maximum atomic E-state index is 13.3. The van der Waals surface area contributed by atoms with Crippen LogP contribution in [0.2, 0.25) is 0 Å². The zero-order chi connectivity index (χ0) is 31.2. The lowest BCUT2D eigenvalue weighted by atomic mass is 9.80. The molecule has 2 aliphatic rings. The van der Waals surface area contributed by atoms with E-state index < -0.39 is 5.60 Å². The van der Waals surface area contributed by atoms with Gasteiger partial charge in [-0.2, -0.15) is 0 Å². The van der Waals surface area contributed by atoms with Gasteiger partial charge >= 0.3 is 0 Å². The number of likely N-dealkylation sites (tertiary alicyclic amines) is 1. The summed E-state index contributed by atoms with van der Waals surface area (Å²) in [5, 5.41) is 16.2. The summed E-state index contributed by atoms with van der Waals surface area (Å²) in [6.45, 7) is 9.54. The molecule has 1 saturated heterocycles. The van der Waals surface area contributed by atoms with Crippen LogP contribution >= 0.6 is 0 Å². The van der Waals surface area contributed by atoms with E-state index in [0.717, 1.165) is 90.8 Å². The number of piperidine rings is 1. The molecule has 45 heavy (non-hydrogen) atoms. The number of aliphatic hydroxyl groups is 1. The number of ether oxygens (including phenoxy) is 3. The van der Waals surface area contributed by atoms with Gasteiger partial charge in [-0.25, -0.2) is 0 Å². The van der Waals surface area contributed by atoms with Crippen molar-refractivity contribution < 1.29 is 28.5 Å². The predicted molar refractivity (Wildman–Crippen MR) is 175 cm³/mol. The summed E-state index contributed by atoms with van der Waals surface area (Å²) < 4.78 is 23.1. The third-order valence-electron chi connectivity index (χ3n) is 9.47. The first-order chi connectivity index (χ1) is 21.9. The number of hydrogen-bond donors (Lipinski definition) is 3. The van der Waals surface area contributed by atoms with Gasteiger partial charge in [0.2, 0.25) is 0 Å². The zero-order valence-electron chi connectivity index (χ0n) is 26.6. The molecule has 2 aromatic heterocycles. The van der Waals surface area contributed by atoms with Crippen molar-refractivity contribution in [2.24, 2.45) is 5.92 Å². The number of rotatable bonds is 13. The zero-order valence-corrected chi connectivity index (χ0v) is 26.6. The van der Waals surface area contributed by atoms with Crippen LogP contribution in [0, 0.1) is 5.92 Å². The van der Waals surface area contributed by atoms with Crippen molar-refractivity contribution in [3.05, 3.63) is 60.0 Å². The monoisotopic (exact) mass is 617 g/mol. The van der Waals surface area contributed by atoms with E-state index in [1.807, 2.05) is 49.4 Å². The number of benzene rings is 2. The van der Waals surface area contributed by atoms with Gasteiger partial charge in [-0.05, 0) is 94.7 Å². The average molecular weight is 618 g/mol. The van der Waals surface area contributed by atoms with E-state index in [-0.39, 0.29) is 11.9 Å². The standard InChI is InChI=1S/C36H47N3O6/c1-3-42-18-19-43-28-9-10-29-26(24-45-34(29)20-28)23-44-33-8-4-7-31-30(33)21-32(38-31)35(40)37-27-11-13-36(41,14-12-27)15-17-39-16-5-6-25(2)22-39/h4,7-10,20-21,24-25,27,38,41H,3,5-6,11-19,22-23H2,1-2H3,(H,37,40)/t25-,27?,36?/m1/s1. The Balaban J connectivity index is 1.02. The maximum Gasteiger partial charge on any atom is 0.267 e. The molecule has 1 saturated carbocycles. The van der Waals surface area contributed by atoms with Gasteiger partial charge in [0.1, 0.15) is 36.0 Å². The van der Waals surface area contributed by atoms with Crippen LogP contribution in [0.25, 0.3) is 21.9 Å². The molecule has 1 amide bonds. The summed E-state index contributed by atoms with van der Waals surface area (Å²) in [7, 11) is 0. The predicted octanol–water partition coefficient (Wildman–Crippen LogP) is 6.43. The lowest BCUT2D eigenvalue weighted by Crippen LogP contribution is -2.45. The summed E-state index contributed by atoms with van der Waals surface area (Å²) in [6.07, 6.45) is 8.09. The average Bonchev–Trinajstić information content (AvgIpc) is 3.67.